The van der Waals surface area contributed by atoms with E-state index in [-0.39, 0.29) is 32.7 Å². The number of benzene rings is 1. The molecule has 0 saturated heterocycles. The summed E-state index contributed by atoms with van der Waals surface area (Å²) in [4.78, 5) is 14.8. The van der Waals surface area contributed by atoms with Crippen LogP contribution in [0.4, 0.5) is 0 Å². The molecule has 0 fully saturated rings. The summed E-state index contributed by atoms with van der Waals surface area (Å²) < 4.78 is 0. The third-order valence-electron chi connectivity index (χ3n) is 1.78. The van der Waals surface area contributed by atoms with Gasteiger partial charge in [0.15, 0.2) is 0 Å². The number of carbonyl (C=O) groups excluding carboxylic acids is 1. The zero-order valence-electron chi connectivity index (χ0n) is 7.20. The van der Waals surface area contributed by atoms with Crippen molar-refractivity contribution >= 4 is 27.7 Å². The molecule has 2 rings (SSSR count). The van der Waals surface area contributed by atoms with E-state index in [2.05, 4.69) is 11.2 Å². The monoisotopic (exact) mass is 279 g/mol. The minimum atomic E-state index is -0.449. The summed E-state index contributed by atoms with van der Waals surface area (Å²) in [6, 6.07) is 8.65. The van der Waals surface area contributed by atoms with E-state index < -0.39 is 5.24 Å². The Kier molecular flexibility index (Phi) is 4.17. The summed E-state index contributed by atoms with van der Waals surface area (Å²) in [5.41, 5.74) is 1.30. The van der Waals surface area contributed by atoms with Gasteiger partial charge in [-0.25, -0.2) is 0 Å². The van der Waals surface area contributed by atoms with Gasteiger partial charge in [-0.2, -0.15) is 12.1 Å². The molecule has 14 heavy (non-hydrogen) atoms. The van der Waals surface area contributed by atoms with Gasteiger partial charge in [0.2, 0.25) is 0 Å². The molecule has 0 amide bonds. The summed E-state index contributed by atoms with van der Waals surface area (Å²) in [5.74, 6) is 0. The maximum atomic E-state index is 10.8. The maximum absolute atomic E-state index is 10.8. The molecule has 4 heteroatoms. The van der Waals surface area contributed by atoms with E-state index in [9.17, 15) is 4.79 Å². The maximum Gasteiger partial charge on any atom is 0.252 e. The Bertz CT molecular complexity index is 472. The van der Waals surface area contributed by atoms with Crippen LogP contribution in [0.1, 0.15) is 10.4 Å². The fourth-order valence-corrected chi connectivity index (χ4v) is 1.26. The predicted octanol–water partition coefficient (Wildman–Crippen LogP) is 2.41. The second-order valence-corrected chi connectivity index (χ2v) is 2.96. The van der Waals surface area contributed by atoms with Crippen LogP contribution in [0.3, 0.4) is 0 Å². The average molecular weight is 280 g/mol. The molecule has 1 radical (unpaired) electrons. The molecule has 0 spiro atoms. The van der Waals surface area contributed by atoms with Gasteiger partial charge >= 0.3 is 0 Å². The number of carbonyl (C=O) groups is 1. The van der Waals surface area contributed by atoms with Gasteiger partial charge in [-0.3, -0.25) is 4.79 Å². The number of nitrogens with zero attached hydrogens (tertiary/aromatic N) is 1. The summed E-state index contributed by atoms with van der Waals surface area (Å²) >= 11 is 5.34. The molecule has 0 saturated carbocycles. The van der Waals surface area contributed by atoms with Gasteiger partial charge in [0, 0.05) is 38.3 Å². The molecule has 0 N–H and O–H groups in total. The molecule has 0 aliphatic heterocycles. The molecule has 0 bridgehead atoms. The fourth-order valence-electron chi connectivity index (χ4n) is 1.15. The topological polar surface area (TPSA) is 30.0 Å². The van der Waals surface area contributed by atoms with Gasteiger partial charge in [-0.15, -0.1) is 5.39 Å². The first-order valence-corrected chi connectivity index (χ1v) is 4.12. The van der Waals surface area contributed by atoms with E-state index >= 15 is 0 Å². The molecule has 0 unspecified atom stereocenters. The van der Waals surface area contributed by atoms with Crippen molar-refractivity contribution in [3.05, 3.63) is 42.1 Å². The Balaban J connectivity index is 0.000000980. The number of hydrogen-bond donors (Lipinski definition) is 0. The average Bonchev–Trinajstić information content (AvgIpc) is 2.17. The summed E-state index contributed by atoms with van der Waals surface area (Å²) in [6.07, 6.45) is 2.72. The number of rotatable bonds is 1. The normalized spacial score (nSPS) is 9.50. The van der Waals surface area contributed by atoms with Crippen molar-refractivity contribution in [2.24, 2.45) is 0 Å². The molecule has 1 heterocycles. The largest absolute Gasteiger partial charge is 0.386 e. The van der Waals surface area contributed by atoms with Crippen LogP contribution in [0.5, 0.6) is 0 Å². The smallest absolute Gasteiger partial charge is 0.252 e. The van der Waals surface area contributed by atoms with E-state index in [1.165, 1.54) is 0 Å². The Labute approximate surface area is 112 Å². The molecule has 2 nitrogen and oxygen atoms in total. The first-order valence-electron chi connectivity index (χ1n) is 3.74. The van der Waals surface area contributed by atoms with Crippen LogP contribution in [0.2, 0.25) is 0 Å². The first-order chi connectivity index (χ1) is 6.27. The van der Waals surface area contributed by atoms with Crippen LogP contribution in [-0.2, 0) is 32.7 Å². The van der Waals surface area contributed by atoms with Crippen molar-refractivity contribution in [3.63, 3.8) is 0 Å². The van der Waals surface area contributed by atoms with Crippen LogP contribution in [0, 0.1) is 6.20 Å². The van der Waals surface area contributed by atoms with Crippen LogP contribution in [-0.4, -0.2) is 10.2 Å². The van der Waals surface area contributed by atoms with Crippen molar-refractivity contribution in [1.82, 2.24) is 4.98 Å². The van der Waals surface area contributed by atoms with E-state index in [1.54, 1.807) is 24.3 Å². The zero-order valence-corrected chi connectivity index (χ0v) is 10.8. The molecule has 1 aromatic heterocycles. The molecule has 0 aliphatic carbocycles. The second kappa shape index (κ2) is 4.97. The summed E-state index contributed by atoms with van der Waals surface area (Å²) in [7, 11) is 0. The minimum absolute atomic E-state index is 0. The van der Waals surface area contributed by atoms with Crippen molar-refractivity contribution in [2.45, 2.75) is 0 Å². The van der Waals surface area contributed by atoms with E-state index in [1.807, 2.05) is 6.07 Å². The first kappa shape index (κ1) is 11.8. The molecule has 2 aromatic rings. The standard InChI is InChI=1S/C10H5ClNO.Y/c11-10(13)8-3-4-9-7(6-8)2-1-5-12-9;/h1-4,6H;/q-1;. The van der Waals surface area contributed by atoms with E-state index in [4.69, 9.17) is 11.6 Å². The Morgan fingerprint density at radius 3 is 2.86 bits per heavy atom. The van der Waals surface area contributed by atoms with E-state index in [0.29, 0.717) is 5.56 Å². The van der Waals surface area contributed by atoms with Gasteiger partial charge in [0.1, 0.15) is 0 Å². The molecule has 67 valence electrons. The van der Waals surface area contributed by atoms with Crippen LogP contribution in [0.25, 0.3) is 10.9 Å². The van der Waals surface area contributed by atoms with Gasteiger partial charge in [0.05, 0.1) is 0 Å². The third kappa shape index (κ3) is 2.38. The minimum Gasteiger partial charge on any atom is -0.386 e. The molecule has 1 aromatic carbocycles. The van der Waals surface area contributed by atoms with Crippen molar-refractivity contribution < 1.29 is 37.5 Å². The SMILES string of the molecule is O=C(Cl)c1ccc2n[c-]ccc2c1.[Y]. The van der Waals surface area contributed by atoms with Crippen molar-refractivity contribution in [2.75, 3.05) is 0 Å². The van der Waals surface area contributed by atoms with Gasteiger partial charge in [0.25, 0.3) is 5.24 Å². The van der Waals surface area contributed by atoms with Crippen molar-refractivity contribution in [3.8, 4) is 0 Å². The second-order valence-electron chi connectivity index (χ2n) is 2.62. The fraction of sp³-hybridized carbons (Fsp3) is 0. The van der Waals surface area contributed by atoms with E-state index in [0.717, 1.165) is 10.9 Å². The van der Waals surface area contributed by atoms with Crippen LogP contribution >= 0.6 is 11.6 Å². The van der Waals surface area contributed by atoms with Crippen molar-refractivity contribution in [1.29, 1.82) is 0 Å². The number of fused-ring (bicyclic) bond motifs is 1. The Morgan fingerprint density at radius 1 is 1.36 bits per heavy atom. The molecule has 0 atom stereocenters. The number of aromatic nitrogens is 1. The number of pyridine rings is 1. The van der Waals surface area contributed by atoms with Gasteiger partial charge in [-0.05, 0) is 17.1 Å². The zero-order chi connectivity index (χ0) is 9.26. The van der Waals surface area contributed by atoms with Gasteiger partial charge in [-0.1, -0.05) is 24.4 Å². The third-order valence-corrected chi connectivity index (χ3v) is 2.00. The number of halogens is 1. The Hall–Kier alpha value is -0.306. The summed E-state index contributed by atoms with van der Waals surface area (Å²) in [6.45, 7) is 0. The summed E-state index contributed by atoms with van der Waals surface area (Å²) in [5, 5.41) is 0.444. The Morgan fingerprint density at radius 2 is 2.14 bits per heavy atom. The van der Waals surface area contributed by atoms with Crippen LogP contribution in [0.15, 0.2) is 30.3 Å². The molecular formula is C10H5ClNOY-. The number of hydrogen-bond acceptors (Lipinski definition) is 2. The quantitative estimate of drug-likeness (QED) is 0.593. The predicted molar refractivity (Wildman–Crippen MR) is 50.8 cm³/mol. The molecular weight excluding hydrogens is 274 g/mol. The van der Waals surface area contributed by atoms with Gasteiger partial charge < -0.3 is 4.98 Å². The molecule has 0 aliphatic rings. The van der Waals surface area contributed by atoms with Crippen LogP contribution < -0.4 is 0 Å².